The molecule has 0 fully saturated rings. The fourth-order valence-electron chi connectivity index (χ4n) is 0.597. The van der Waals surface area contributed by atoms with Crippen molar-refractivity contribution < 1.29 is 24.5 Å². The van der Waals surface area contributed by atoms with Crippen LogP contribution in [0.1, 0.15) is 6.92 Å². The number of aliphatic hydroxyl groups is 2. The topological polar surface area (TPSA) is 76.0 Å². The molecule has 1 unspecified atom stereocenters. The molecule has 2 N–H and O–H groups in total. The van der Waals surface area contributed by atoms with Crippen LogP contribution in [-0.2, 0) is 14.3 Å². The second kappa shape index (κ2) is 8.12. The minimum absolute atomic E-state index is 0.00216. The third-order valence-electron chi connectivity index (χ3n) is 1.35. The number of rotatable bonds is 8. The van der Waals surface area contributed by atoms with Gasteiger partial charge < -0.3 is 19.7 Å². The predicted octanol–water partition coefficient (Wildman–Crippen LogP) is -1.04. The Labute approximate surface area is 77.3 Å². The summed E-state index contributed by atoms with van der Waals surface area (Å²) in [6.07, 6.45) is -1.04. The molecule has 0 aliphatic heterocycles. The normalized spacial score (nSPS) is 12.8. The van der Waals surface area contributed by atoms with Gasteiger partial charge in [-0.3, -0.25) is 4.79 Å². The Morgan fingerprint density at radius 1 is 1.31 bits per heavy atom. The third-order valence-corrected chi connectivity index (χ3v) is 1.35. The molecule has 5 nitrogen and oxygen atoms in total. The molecule has 0 aromatic rings. The van der Waals surface area contributed by atoms with Crippen molar-refractivity contribution in [2.45, 2.75) is 13.0 Å². The Kier molecular flexibility index (Phi) is 7.82. The largest absolute Gasteiger partial charge is 0.394 e. The van der Waals surface area contributed by atoms with Gasteiger partial charge in [0.1, 0.15) is 6.10 Å². The summed E-state index contributed by atoms with van der Waals surface area (Å²) >= 11 is 0. The maximum Gasteiger partial charge on any atom is 0.160 e. The van der Waals surface area contributed by atoms with Gasteiger partial charge in [-0.25, -0.2) is 0 Å². The molecule has 0 bridgehead atoms. The average molecular weight is 192 g/mol. The fourth-order valence-corrected chi connectivity index (χ4v) is 0.597. The highest BCUT2D eigenvalue weighted by Crippen LogP contribution is 1.87. The average Bonchev–Trinajstić information content (AvgIpc) is 2.10. The Morgan fingerprint density at radius 3 is 2.46 bits per heavy atom. The predicted molar refractivity (Wildman–Crippen MR) is 45.4 cm³/mol. The van der Waals surface area contributed by atoms with E-state index in [4.69, 9.17) is 19.7 Å². The molecule has 5 heteroatoms. The van der Waals surface area contributed by atoms with E-state index in [-0.39, 0.29) is 25.6 Å². The summed E-state index contributed by atoms with van der Waals surface area (Å²) in [7, 11) is 0. The number of carbonyl (C=O) groups is 1. The summed E-state index contributed by atoms with van der Waals surface area (Å²) in [5.74, 6) is -0.309. The van der Waals surface area contributed by atoms with Crippen molar-refractivity contribution in [2.24, 2.45) is 0 Å². The molecule has 0 aromatic carbocycles. The highest BCUT2D eigenvalue weighted by Gasteiger charge is 2.08. The molecule has 1 atom stereocenters. The van der Waals surface area contributed by atoms with Crippen LogP contribution in [0.25, 0.3) is 0 Å². The number of hydrogen-bond acceptors (Lipinski definition) is 5. The summed E-state index contributed by atoms with van der Waals surface area (Å²) in [5.41, 5.74) is 0. The van der Waals surface area contributed by atoms with Gasteiger partial charge in [0.2, 0.25) is 0 Å². The number of ether oxygens (including phenoxy) is 2. The summed E-state index contributed by atoms with van der Waals surface area (Å²) in [6.45, 7) is 2.22. The van der Waals surface area contributed by atoms with Crippen molar-refractivity contribution >= 4 is 5.78 Å². The number of aliphatic hydroxyl groups excluding tert-OH is 2. The zero-order valence-electron chi connectivity index (χ0n) is 7.73. The lowest BCUT2D eigenvalue weighted by atomic mass is 10.3. The maximum absolute atomic E-state index is 10.5. The first-order chi connectivity index (χ1) is 6.18. The van der Waals surface area contributed by atoms with Gasteiger partial charge >= 0.3 is 0 Å². The highest BCUT2D eigenvalue weighted by molar-refractivity contribution is 5.80. The van der Waals surface area contributed by atoms with Crippen LogP contribution in [0.5, 0.6) is 0 Å². The van der Waals surface area contributed by atoms with E-state index in [9.17, 15) is 4.79 Å². The van der Waals surface area contributed by atoms with E-state index in [2.05, 4.69) is 0 Å². The van der Waals surface area contributed by atoms with Crippen molar-refractivity contribution in [1.82, 2.24) is 0 Å². The third kappa shape index (κ3) is 7.86. The first kappa shape index (κ1) is 12.5. The lowest BCUT2D eigenvalue weighted by Gasteiger charge is -2.07. The van der Waals surface area contributed by atoms with Gasteiger partial charge in [-0.05, 0) is 6.92 Å². The second-order valence-corrected chi connectivity index (χ2v) is 2.54. The van der Waals surface area contributed by atoms with Crippen LogP contribution in [0.4, 0.5) is 0 Å². The monoisotopic (exact) mass is 192 g/mol. The molecular formula is C8H16O5. The second-order valence-electron chi connectivity index (χ2n) is 2.54. The van der Waals surface area contributed by atoms with E-state index in [1.54, 1.807) is 0 Å². The molecule has 0 rings (SSSR count). The van der Waals surface area contributed by atoms with Gasteiger partial charge in [0, 0.05) is 0 Å². The SMILES string of the molecule is CC(=O)C(O)COCCOCCO. The molecular weight excluding hydrogens is 176 g/mol. The lowest BCUT2D eigenvalue weighted by Crippen LogP contribution is -2.24. The molecule has 0 amide bonds. The quantitative estimate of drug-likeness (QED) is 0.480. The number of carbonyl (C=O) groups excluding carboxylic acids is 1. The number of hydrogen-bond donors (Lipinski definition) is 2. The van der Waals surface area contributed by atoms with Crippen LogP contribution in [0.15, 0.2) is 0 Å². The lowest BCUT2D eigenvalue weighted by molar-refractivity contribution is -0.128. The molecule has 0 saturated carbocycles. The van der Waals surface area contributed by atoms with E-state index in [1.807, 2.05) is 0 Å². The van der Waals surface area contributed by atoms with Gasteiger partial charge in [0.25, 0.3) is 0 Å². The molecule has 13 heavy (non-hydrogen) atoms. The minimum Gasteiger partial charge on any atom is -0.394 e. The number of ketones is 1. The first-order valence-corrected chi connectivity index (χ1v) is 4.13. The summed E-state index contributed by atoms with van der Waals surface area (Å²) in [4.78, 5) is 10.5. The minimum atomic E-state index is -1.04. The van der Waals surface area contributed by atoms with Crippen LogP contribution < -0.4 is 0 Å². The van der Waals surface area contributed by atoms with Crippen LogP contribution >= 0.6 is 0 Å². The van der Waals surface area contributed by atoms with Gasteiger partial charge in [0.05, 0.1) is 33.0 Å². The van der Waals surface area contributed by atoms with Crippen LogP contribution in [0.2, 0.25) is 0 Å². The zero-order chi connectivity index (χ0) is 10.1. The Morgan fingerprint density at radius 2 is 1.92 bits per heavy atom. The Hall–Kier alpha value is -0.490. The summed E-state index contributed by atoms with van der Waals surface area (Å²) < 4.78 is 9.81. The van der Waals surface area contributed by atoms with E-state index < -0.39 is 6.10 Å². The molecule has 0 aliphatic rings. The van der Waals surface area contributed by atoms with Crippen LogP contribution in [0.3, 0.4) is 0 Å². The van der Waals surface area contributed by atoms with E-state index in [1.165, 1.54) is 6.92 Å². The van der Waals surface area contributed by atoms with Crippen molar-refractivity contribution in [3.63, 3.8) is 0 Å². The Bertz CT molecular complexity index is 136. The standard InChI is InChI=1S/C8H16O5/c1-7(10)8(11)6-13-5-4-12-3-2-9/h8-9,11H,2-6H2,1H3. The molecule has 78 valence electrons. The van der Waals surface area contributed by atoms with Gasteiger partial charge in [-0.2, -0.15) is 0 Å². The van der Waals surface area contributed by atoms with E-state index >= 15 is 0 Å². The summed E-state index contributed by atoms with van der Waals surface area (Å²) in [5, 5.41) is 17.3. The van der Waals surface area contributed by atoms with Crippen LogP contribution in [0, 0.1) is 0 Å². The van der Waals surface area contributed by atoms with Gasteiger partial charge in [0.15, 0.2) is 5.78 Å². The fraction of sp³-hybridized carbons (Fsp3) is 0.875. The molecule has 0 aliphatic carbocycles. The van der Waals surface area contributed by atoms with Gasteiger partial charge in [-0.1, -0.05) is 0 Å². The molecule has 0 saturated heterocycles. The van der Waals surface area contributed by atoms with E-state index in [0.29, 0.717) is 13.2 Å². The molecule has 0 spiro atoms. The smallest absolute Gasteiger partial charge is 0.160 e. The maximum atomic E-state index is 10.5. The molecule has 0 radical (unpaired) electrons. The summed E-state index contributed by atoms with van der Waals surface area (Å²) in [6, 6.07) is 0. The van der Waals surface area contributed by atoms with Crippen molar-refractivity contribution in [1.29, 1.82) is 0 Å². The van der Waals surface area contributed by atoms with Crippen molar-refractivity contribution in [2.75, 3.05) is 33.0 Å². The molecule has 0 aromatic heterocycles. The van der Waals surface area contributed by atoms with Crippen molar-refractivity contribution in [3.05, 3.63) is 0 Å². The zero-order valence-corrected chi connectivity index (χ0v) is 7.73. The highest BCUT2D eigenvalue weighted by atomic mass is 16.5. The number of Topliss-reactive ketones (excluding diaryl/α,β-unsaturated/α-hetero) is 1. The molecule has 0 heterocycles. The van der Waals surface area contributed by atoms with E-state index in [0.717, 1.165) is 0 Å². The Balaban J connectivity index is 3.11. The first-order valence-electron chi connectivity index (χ1n) is 4.13. The van der Waals surface area contributed by atoms with Crippen LogP contribution in [-0.4, -0.2) is 55.1 Å². The van der Waals surface area contributed by atoms with Crippen molar-refractivity contribution in [3.8, 4) is 0 Å². The van der Waals surface area contributed by atoms with Gasteiger partial charge in [-0.15, -0.1) is 0 Å².